The molecule has 0 saturated carbocycles. The van der Waals surface area contributed by atoms with Crippen molar-refractivity contribution in [1.82, 2.24) is 14.8 Å². The predicted molar refractivity (Wildman–Crippen MR) is 115 cm³/mol. The van der Waals surface area contributed by atoms with Crippen molar-refractivity contribution < 1.29 is 14.6 Å². The van der Waals surface area contributed by atoms with Crippen LogP contribution in [0.2, 0.25) is 5.02 Å². The maximum absolute atomic E-state index is 11.9. The zero-order chi connectivity index (χ0) is 21.5. The zero-order valence-corrected chi connectivity index (χ0v) is 17.5. The summed E-state index contributed by atoms with van der Waals surface area (Å²) in [6.45, 7) is 2.36. The minimum absolute atomic E-state index is 0.0489. The number of carbonyl (C=O) groups is 1. The lowest BCUT2D eigenvalue weighted by atomic mass is 10.2. The van der Waals surface area contributed by atoms with E-state index in [-0.39, 0.29) is 11.5 Å². The number of ether oxygens (including phenoxy) is 1. The van der Waals surface area contributed by atoms with Crippen molar-refractivity contribution in [3.63, 3.8) is 0 Å². The van der Waals surface area contributed by atoms with E-state index in [0.29, 0.717) is 33.9 Å². The fourth-order valence-corrected chi connectivity index (χ4v) is 3.68. The van der Waals surface area contributed by atoms with Crippen LogP contribution in [0.4, 0.5) is 0 Å². The largest absolute Gasteiger partial charge is 0.478 e. The number of hydrogen-bond donors (Lipinski definition) is 1. The number of thioether (sulfide) groups is 1. The molecule has 0 aliphatic carbocycles. The summed E-state index contributed by atoms with van der Waals surface area (Å²) in [5.74, 6) is -0.0508. The fourth-order valence-electron chi connectivity index (χ4n) is 2.68. The maximum atomic E-state index is 11.9. The molecule has 1 N–H and O–H groups in total. The number of aliphatic carboxylic acids is 1. The Hall–Kier alpha value is -3.28. The first-order valence-corrected chi connectivity index (χ1v) is 10.1. The monoisotopic (exact) mass is 440 g/mol. The Labute approximate surface area is 182 Å². The third-order valence-corrected chi connectivity index (χ3v) is 5.29. The van der Waals surface area contributed by atoms with E-state index in [2.05, 4.69) is 10.2 Å². The highest BCUT2D eigenvalue weighted by atomic mass is 35.5. The van der Waals surface area contributed by atoms with E-state index < -0.39 is 5.97 Å². The second kappa shape index (κ2) is 9.96. The van der Waals surface area contributed by atoms with Gasteiger partial charge < -0.3 is 14.4 Å². The molecule has 0 fully saturated rings. The van der Waals surface area contributed by atoms with Crippen LogP contribution >= 0.6 is 23.4 Å². The number of carboxylic acids is 1. The molecule has 0 unspecified atom stereocenters. The molecule has 0 bridgehead atoms. The molecular formula is C21H17ClN4O3S. The number of carboxylic acid groups (broad SMARTS) is 1. The smallest absolute Gasteiger partial charge is 0.342 e. The Bertz CT molecular complexity index is 1120. The average Bonchev–Trinajstić information content (AvgIpc) is 3.15. The molecule has 0 aliphatic heterocycles. The molecule has 1 aromatic heterocycles. The lowest BCUT2D eigenvalue weighted by Crippen LogP contribution is -2.03. The first kappa shape index (κ1) is 21.4. The summed E-state index contributed by atoms with van der Waals surface area (Å²) in [5.41, 5.74) is 1.38. The molecule has 1 heterocycles. The number of halogens is 1. The van der Waals surface area contributed by atoms with Gasteiger partial charge in [-0.1, -0.05) is 29.8 Å². The Morgan fingerprint density at radius 2 is 2.00 bits per heavy atom. The van der Waals surface area contributed by atoms with Crippen LogP contribution in [-0.4, -0.2) is 32.4 Å². The Balaban J connectivity index is 1.95. The van der Waals surface area contributed by atoms with Gasteiger partial charge in [-0.25, -0.2) is 4.79 Å². The third kappa shape index (κ3) is 5.00. The van der Waals surface area contributed by atoms with Crippen LogP contribution in [0.25, 0.3) is 17.5 Å². The highest BCUT2D eigenvalue weighted by Crippen LogP contribution is 2.32. The maximum Gasteiger partial charge on any atom is 0.342 e. The van der Waals surface area contributed by atoms with Crippen LogP contribution in [0.15, 0.2) is 58.6 Å². The number of benzene rings is 2. The molecule has 0 radical (unpaired) electrons. The standard InChI is InChI=1S/C21H17ClN4O3S/c1-2-26-19(14-7-9-16(22)10-8-14)24-25-21(26)30-18(20(27)28)13-15-5-3-4-6-17(15)29-12-11-23/h3-10,13H,2,12H2,1H3,(H,27,28)/b18-13-. The highest BCUT2D eigenvalue weighted by molar-refractivity contribution is 8.04. The SMILES string of the molecule is CCn1c(S/C(=C\c2ccccc2OCC#N)C(=O)O)nnc1-c1ccc(Cl)cc1. The predicted octanol–water partition coefficient (Wildman–Crippen LogP) is 4.74. The van der Waals surface area contributed by atoms with Gasteiger partial charge in [0.25, 0.3) is 0 Å². The van der Waals surface area contributed by atoms with Gasteiger partial charge >= 0.3 is 5.97 Å². The molecule has 3 rings (SSSR count). The van der Waals surface area contributed by atoms with Crippen LogP contribution in [0.3, 0.4) is 0 Å². The molecule has 7 nitrogen and oxygen atoms in total. The van der Waals surface area contributed by atoms with Crippen molar-refractivity contribution in [2.75, 3.05) is 6.61 Å². The minimum atomic E-state index is -1.10. The van der Waals surface area contributed by atoms with E-state index in [4.69, 9.17) is 21.6 Å². The van der Waals surface area contributed by atoms with E-state index in [1.807, 2.05) is 29.7 Å². The highest BCUT2D eigenvalue weighted by Gasteiger charge is 2.19. The molecule has 30 heavy (non-hydrogen) atoms. The molecule has 0 atom stereocenters. The first-order chi connectivity index (χ1) is 14.5. The van der Waals surface area contributed by atoms with Crippen LogP contribution in [0.1, 0.15) is 12.5 Å². The van der Waals surface area contributed by atoms with Gasteiger partial charge in [0, 0.05) is 22.7 Å². The van der Waals surface area contributed by atoms with E-state index in [0.717, 1.165) is 17.3 Å². The van der Waals surface area contributed by atoms with Crippen LogP contribution in [-0.2, 0) is 11.3 Å². The third-order valence-electron chi connectivity index (χ3n) is 4.05. The van der Waals surface area contributed by atoms with Gasteiger partial charge in [0.2, 0.25) is 0 Å². The van der Waals surface area contributed by atoms with Crippen LogP contribution < -0.4 is 4.74 Å². The van der Waals surface area contributed by atoms with Crippen molar-refractivity contribution in [3.05, 3.63) is 64.0 Å². The Morgan fingerprint density at radius 3 is 2.67 bits per heavy atom. The van der Waals surface area contributed by atoms with E-state index >= 15 is 0 Å². The number of rotatable bonds is 8. The molecular weight excluding hydrogens is 424 g/mol. The summed E-state index contributed by atoms with van der Waals surface area (Å²) in [5, 5.41) is 27.9. The molecule has 3 aromatic rings. The van der Waals surface area contributed by atoms with Gasteiger partial charge in [0.15, 0.2) is 17.6 Å². The van der Waals surface area contributed by atoms with E-state index in [9.17, 15) is 9.90 Å². The van der Waals surface area contributed by atoms with Gasteiger partial charge in [-0.2, -0.15) is 5.26 Å². The topological polar surface area (TPSA) is 101 Å². The Kier molecular flexibility index (Phi) is 7.12. The molecule has 0 saturated heterocycles. The second-order valence-electron chi connectivity index (χ2n) is 5.96. The van der Waals surface area contributed by atoms with Gasteiger partial charge in [-0.15, -0.1) is 10.2 Å². The summed E-state index contributed by atoms with van der Waals surface area (Å²) >= 11 is 6.95. The molecule has 0 amide bonds. The summed E-state index contributed by atoms with van der Waals surface area (Å²) in [6, 6.07) is 16.0. The number of hydrogen-bond acceptors (Lipinski definition) is 6. The summed E-state index contributed by atoms with van der Waals surface area (Å²) in [4.78, 5) is 11.9. The molecule has 0 aliphatic rings. The molecule has 0 spiro atoms. The number of nitriles is 1. The Morgan fingerprint density at radius 1 is 1.27 bits per heavy atom. The molecule has 2 aromatic carbocycles. The molecule has 152 valence electrons. The normalized spacial score (nSPS) is 11.2. The average molecular weight is 441 g/mol. The molecule has 9 heteroatoms. The summed E-state index contributed by atoms with van der Waals surface area (Å²) in [7, 11) is 0. The quantitative estimate of drug-likeness (QED) is 0.398. The first-order valence-electron chi connectivity index (χ1n) is 8.94. The van der Waals surface area contributed by atoms with Crippen molar-refractivity contribution in [2.24, 2.45) is 0 Å². The van der Waals surface area contributed by atoms with Crippen molar-refractivity contribution >= 4 is 35.4 Å². The van der Waals surface area contributed by atoms with Crippen LogP contribution in [0, 0.1) is 11.3 Å². The number of nitrogens with zero attached hydrogens (tertiary/aromatic N) is 4. The lowest BCUT2D eigenvalue weighted by molar-refractivity contribution is -0.131. The minimum Gasteiger partial charge on any atom is -0.478 e. The van der Waals surface area contributed by atoms with Crippen LogP contribution in [0.5, 0.6) is 5.75 Å². The van der Waals surface area contributed by atoms with Crippen molar-refractivity contribution in [3.8, 4) is 23.2 Å². The number of para-hydroxylation sites is 1. The van der Waals surface area contributed by atoms with Gasteiger partial charge in [0.05, 0.1) is 0 Å². The van der Waals surface area contributed by atoms with Crippen molar-refractivity contribution in [1.29, 1.82) is 5.26 Å². The zero-order valence-electron chi connectivity index (χ0n) is 15.9. The number of aromatic nitrogens is 3. The second-order valence-corrected chi connectivity index (χ2v) is 7.40. The van der Waals surface area contributed by atoms with Gasteiger partial charge in [-0.3, -0.25) is 0 Å². The van der Waals surface area contributed by atoms with Gasteiger partial charge in [0.1, 0.15) is 16.7 Å². The lowest BCUT2D eigenvalue weighted by Gasteiger charge is -2.09. The summed E-state index contributed by atoms with van der Waals surface area (Å²) in [6.07, 6.45) is 1.50. The van der Waals surface area contributed by atoms with Gasteiger partial charge in [-0.05, 0) is 55.1 Å². The van der Waals surface area contributed by atoms with Crippen molar-refractivity contribution in [2.45, 2.75) is 18.6 Å². The summed E-state index contributed by atoms with van der Waals surface area (Å²) < 4.78 is 7.22. The van der Waals surface area contributed by atoms with E-state index in [1.165, 1.54) is 6.08 Å². The van der Waals surface area contributed by atoms with E-state index in [1.54, 1.807) is 36.4 Å². The fraction of sp³-hybridized carbons (Fsp3) is 0.143.